The lowest BCUT2D eigenvalue weighted by Gasteiger charge is -2.05. The Balaban J connectivity index is 2.27. The zero-order valence-electron chi connectivity index (χ0n) is 8.18. The van der Waals surface area contributed by atoms with Crippen LogP contribution in [0.3, 0.4) is 0 Å². The molecule has 2 rings (SSSR count). The Morgan fingerprint density at radius 3 is 2.38 bits per heavy atom. The molecule has 2 aromatic rings. The molecule has 82 valence electrons. The van der Waals surface area contributed by atoms with Gasteiger partial charge in [-0.05, 0) is 18.2 Å². The van der Waals surface area contributed by atoms with Crippen molar-refractivity contribution < 1.29 is 0 Å². The summed E-state index contributed by atoms with van der Waals surface area (Å²) in [6.07, 6.45) is 0. The summed E-state index contributed by atoms with van der Waals surface area (Å²) in [7, 11) is 0. The number of hydrogen-bond acceptors (Lipinski definition) is 6. The quantitative estimate of drug-likeness (QED) is 0.771. The third-order valence-corrected chi connectivity index (χ3v) is 2.24. The van der Waals surface area contributed by atoms with Gasteiger partial charge in [-0.1, -0.05) is 22.0 Å². The minimum atomic E-state index is 0.0880. The first-order chi connectivity index (χ1) is 7.63. The standard InChI is InChI=1S/C9H9BrN6/c10-5-2-1-3-6(4-5)13-9-15-7(11)14-8(12)16-9/h1-4H,(H5,11,12,13,14,15,16). The minimum Gasteiger partial charge on any atom is -0.368 e. The lowest BCUT2D eigenvalue weighted by Crippen LogP contribution is -2.06. The topological polar surface area (TPSA) is 103 Å². The van der Waals surface area contributed by atoms with Crippen LogP contribution in [0.15, 0.2) is 28.7 Å². The third kappa shape index (κ3) is 2.57. The van der Waals surface area contributed by atoms with Crippen molar-refractivity contribution in [1.29, 1.82) is 0 Å². The number of nitrogens with two attached hydrogens (primary N) is 2. The first-order valence-corrected chi connectivity index (χ1v) is 5.22. The van der Waals surface area contributed by atoms with Crippen molar-refractivity contribution >= 4 is 39.5 Å². The molecule has 1 aromatic carbocycles. The highest BCUT2D eigenvalue weighted by molar-refractivity contribution is 9.10. The van der Waals surface area contributed by atoms with Gasteiger partial charge in [0.25, 0.3) is 0 Å². The van der Waals surface area contributed by atoms with Crippen LogP contribution in [0, 0.1) is 0 Å². The van der Waals surface area contributed by atoms with Crippen LogP contribution in [0.4, 0.5) is 23.5 Å². The molecular formula is C9H9BrN6. The second-order valence-corrected chi connectivity index (χ2v) is 3.93. The van der Waals surface area contributed by atoms with E-state index in [9.17, 15) is 0 Å². The highest BCUT2D eigenvalue weighted by atomic mass is 79.9. The third-order valence-electron chi connectivity index (χ3n) is 1.75. The number of hydrogen-bond donors (Lipinski definition) is 3. The predicted octanol–water partition coefficient (Wildman–Crippen LogP) is 1.54. The second-order valence-electron chi connectivity index (χ2n) is 3.01. The van der Waals surface area contributed by atoms with E-state index in [1.807, 2.05) is 24.3 Å². The average molecular weight is 281 g/mol. The SMILES string of the molecule is Nc1nc(N)nc(Nc2cccc(Br)c2)n1. The molecule has 0 unspecified atom stereocenters. The van der Waals surface area contributed by atoms with Crippen molar-refractivity contribution in [2.24, 2.45) is 0 Å². The molecule has 0 aliphatic rings. The van der Waals surface area contributed by atoms with Gasteiger partial charge in [-0.2, -0.15) is 15.0 Å². The normalized spacial score (nSPS) is 10.1. The molecule has 0 bridgehead atoms. The summed E-state index contributed by atoms with van der Waals surface area (Å²) in [5.41, 5.74) is 11.7. The summed E-state index contributed by atoms with van der Waals surface area (Å²) in [4.78, 5) is 11.5. The monoisotopic (exact) mass is 280 g/mol. The number of nitrogens with one attached hydrogen (secondary N) is 1. The Bertz CT molecular complexity index is 495. The predicted molar refractivity (Wildman–Crippen MR) is 66.1 cm³/mol. The molecule has 0 radical (unpaired) electrons. The van der Waals surface area contributed by atoms with E-state index in [1.165, 1.54) is 0 Å². The zero-order chi connectivity index (χ0) is 11.5. The molecular weight excluding hydrogens is 272 g/mol. The molecule has 0 saturated carbocycles. The van der Waals surface area contributed by atoms with E-state index in [2.05, 4.69) is 36.2 Å². The van der Waals surface area contributed by atoms with E-state index in [0.717, 1.165) is 10.2 Å². The van der Waals surface area contributed by atoms with Gasteiger partial charge in [0, 0.05) is 10.2 Å². The molecule has 0 spiro atoms. The van der Waals surface area contributed by atoms with E-state index in [0.29, 0.717) is 5.95 Å². The summed E-state index contributed by atoms with van der Waals surface area (Å²) < 4.78 is 0.951. The Kier molecular flexibility index (Phi) is 2.86. The number of benzene rings is 1. The molecule has 0 atom stereocenters. The van der Waals surface area contributed by atoms with Crippen LogP contribution in [-0.2, 0) is 0 Å². The van der Waals surface area contributed by atoms with Crippen LogP contribution in [0.5, 0.6) is 0 Å². The Morgan fingerprint density at radius 2 is 1.75 bits per heavy atom. The number of nitrogen functional groups attached to an aromatic ring is 2. The number of aromatic nitrogens is 3. The van der Waals surface area contributed by atoms with E-state index in [4.69, 9.17) is 11.5 Å². The lowest BCUT2D eigenvalue weighted by atomic mass is 10.3. The van der Waals surface area contributed by atoms with Crippen LogP contribution in [0.2, 0.25) is 0 Å². The average Bonchev–Trinajstić information content (AvgIpc) is 2.15. The van der Waals surface area contributed by atoms with E-state index >= 15 is 0 Å². The smallest absolute Gasteiger partial charge is 0.233 e. The molecule has 16 heavy (non-hydrogen) atoms. The highest BCUT2D eigenvalue weighted by Gasteiger charge is 2.02. The molecule has 6 nitrogen and oxygen atoms in total. The summed E-state index contributed by atoms with van der Waals surface area (Å²) >= 11 is 3.36. The van der Waals surface area contributed by atoms with Crippen molar-refractivity contribution in [3.05, 3.63) is 28.7 Å². The van der Waals surface area contributed by atoms with Gasteiger partial charge in [-0.15, -0.1) is 0 Å². The Labute approximate surface area is 100 Å². The molecule has 7 heteroatoms. The van der Waals surface area contributed by atoms with Gasteiger partial charge in [0.15, 0.2) is 0 Å². The molecule has 0 saturated heterocycles. The van der Waals surface area contributed by atoms with Crippen molar-refractivity contribution in [1.82, 2.24) is 15.0 Å². The number of rotatable bonds is 2. The maximum atomic E-state index is 5.45. The summed E-state index contributed by atoms with van der Waals surface area (Å²) in [5, 5.41) is 2.97. The fourth-order valence-corrected chi connectivity index (χ4v) is 1.56. The maximum absolute atomic E-state index is 5.45. The van der Waals surface area contributed by atoms with Crippen LogP contribution in [0.25, 0.3) is 0 Å². The first kappa shape index (κ1) is 10.6. The van der Waals surface area contributed by atoms with Crippen molar-refractivity contribution in [2.75, 3.05) is 16.8 Å². The summed E-state index contributed by atoms with van der Waals surface area (Å²) in [6.45, 7) is 0. The Morgan fingerprint density at radius 1 is 1.06 bits per heavy atom. The molecule has 0 aliphatic carbocycles. The minimum absolute atomic E-state index is 0.0880. The fraction of sp³-hybridized carbons (Fsp3) is 0. The Hall–Kier alpha value is -1.89. The van der Waals surface area contributed by atoms with Gasteiger partial charge in [-0.25, -0.2) is 0 Å². The van der Waals surface area contributed by atoms with Crippen LogP contribution in [0.1, 0.15) is 0 Å². The van der Waals surface area contributed by atoms with Gasteiger partial charge < -0.3 is 16.8 Å². The lowest BCUT2D eigenvalue weighted by molar-refractivity contribution is 1.08. The molecule has 0 aliphatic heterocycles. The first-order valence-electron chi connectivity index (χ1n) is 4.43. The largest absolute Gasteiger partial charge is 0.368 e. The van der Waals surface area contributed by atoms with Gasteiger partial charge in [-0.3, -0.25) is 0 Å². The summed E-state index contributed by atoms with van der Waals surface area (Å²) in [5.74, 6) is 0.498. The highest BCUT2D eigenvalue weighted by Crippen LogP contribution is 2.18. The molecule has 0 fully saturated rings. The second kappa shape index (κ2) is 4.31. The van der Waals surface area contributed by atoms with Crippen molar-refractivity contribution in [2.45, 2.75) is 0 Å². The molecule has 1 heterocycles. The van der Waals surface area contributed by atoms with Crippen molar-refractivity contribution in [3.63, 3.8) is 0 Å². The van der Waals surface area contributed by atoms with Crippen LogP contribution < -0.4 is 16.8 Å². The van der Waals surface area contributed by atoms with E-state index in [-0.39, 0.29) is 11.9 Å². The van der Waals surface area contributed by atoms with E-state index < -0.39 is 0 Å². The van der Waals surface area contributed by atoms with Crippen LogP contribution in [-0.4, -0.2) is 15.0 Å². The number of halogens is 1. The number of anilines is 4. The zero-order valence-corrected chi connectivity index (χ0v) is 9.77. The number of nitrogens with zero attached hydrogens (tertiary/aromatic N) is 3. The molecule has 5 N–H and O–H groups in total. The van der Waals surface area contributed by atoms with Gasteiger partial charge in [0.05, 0.1) is 0 Å². The summed E-state index contributed by atoms with van der Waals surface area (Å²) in [6, 6.07) is 7.57. The van der Waals surface area contributed by atoms with Gasteiger partial charge in [0.1, 0.15) is 0 Å². The van der Waals surface area contributed by atoms with E-state index in [1.54, 1.807) is 0 Å². The van der Waals surface area contributed by atoms with Crippen LogP contribution >= 0.6 is 15.9 Å². The molecule has 0 amide bonds. The fourth-order valence-electron chi connectivity index (χ4n) is 1.16. The van der Waals surface area contributed by atoms with Crippen molar-refractivity contribution in [3.8, 4) is 0 Å². The molecule has 1 aromatic heterocycles. The van der Waals surface area contributed by atoms with Gasteiger partial charge >= 0.3 is 0 Å². The maximum Gasteiger partial charge on any atom is 0.233 e. The van der Waals surface area contributed by atoms with Gasteiger partial charge in [0.2, 0.25) is 17.8 Å².